The molecule has 0 bridgehead atoms. The third-order valence-corrected chi connectivity index (χ3v) is 4.24. The van der Waals surface area contributed by atoms with E-state index in [9.17, 15) is 0 Å². The molecule has 0 aliphatic heterocycles. The Labute approximate surface area is 109 Å². The lowest BCUT2D eigenvalue weighted by Crippen LogP contribution is -2.29. The van der Waals surface area contributed by atoms with Crippen LogP contribution in [0.3, 0.4) is 0 Å². The van der Waals surface area contributed by atoms with Crippen LogP contribution >= 0.6 is 11.6 Å². The lowest BCUT2D eigenvalue weighted by Gasteiger charge is -2.32. The van der Waals surface area contributed by atoms with Crippen LogP contribution in [0.2, 0.25) is 5.02 Å². The van der Waals surface area contributed by atoms with Crippen LogP contribution < -0.4 is 5.32 Å². The van der Waals surface area contributed by atoms with Gasteiger partial charge in [-0.15, -0.1) is 0 Å². The zero-order chi connectivity index (χ0) is 12.3. The number of rotatable bonds is 3. The molecule has 1 atom stereocenters. The second kappa shape index (κ2) is 5.83. The highest BCUT2D eigenvalue weighted by molar-refractivity contribution is 6.31. The van der Waals surface area contributed by atoms with E-state index in [1.807, 2.05) is 25.4 Å². The van der Waals surface area contributed by atoms with Crippen molar-refractivity contribution in [1.29, 1.82) is 0 Å². The van der Waals surface area contributed by atoms with Crippen molar-refractivity contribution in [2.45, 2.75) is 38.6 Å². The first-order valence-corrected chi connectivity index (χ1v) is 6.88. The van der Waals surface area contributed by atoms with Gasteiger partial charge in [0.15, 0.2) is 0 Å². The summed E-state index contributed by atoms with van der Waals surface area (Å²) in [6.45, 7) is 2.35. The Morgan fingerprint density at radius 1 is 1.35 bits per heavy atom. The number of hydrogen-bond donors (Lipinski definition) is 1. The van der Waals surface area contributed by atoms with Gasteiger partial charge in [-0.1, -0.05) is 31.4 Å². The molecule has 0 spiro atoms. The maximum atomic E-state index is 6.24. The third-order valence-electron chi connectivity index (χ3n) is 3.92. The van der Waals surface area contributed by atoms with Crippen molar-refractivity contribution in [1.82, 2.24) is 10.3 Å². The van der Waals surface area contributed by atoms with Gasteiger partial charge < -0.3 is 5.32 Å². The van der Waals surface area contributed by atoms with Gasteiger partial charge in [0, 0.05) is 6.20 Å². The molecule has 0 amide bonds. The number of aromatic nitrogens is 1. The lowest BCUT2D eigenvalue weighted by molar-refractivity contribution is 0.235. The van der Waals surface area contributed by atoms with Crippen LogP contribution in [-0.4, -0.2) is 12.0 Å². The van der Waals surface area contributed by atoms with Crippen molar-refractivity contribution >= 4 is 11.6 Å². The van der Waals surface area contributed by atoms with Gasteiger partial charge in [0.2, 0.25) is 0 Å². The molecule has 0 saturated heterocycles. The molecule has 1 aromatic heterocycles. The summed E-state index contributed by atoms with van der Waals surface area (Å²) < 4.78 is 0. The summed E-state index contributed by atoms with van der Waals surface area (Å²) in [5.41, 5.74) is 1.01. The van der Waals surface area contributed by atoms with E-state index in [4.69, 9.17) is 11.6 Å². The zero-order valence-electron chi connectivity index (χ0n) is 10.6. The molecule has 1 saturated carbocycles. The Balaban J connectivity index is 2.14. The van der Waals surface area contributed by atoms with Crippen molar-refractivity contribution in [3.05, 3.63) is 29.0 Å². The van der Waals surface area contributed by atoms with Gasteiger partial charge in [0.25, 0.3) is 0 Å². The fraction of sp³-hybridized carbons (Fsp3) is 0.643. The van der Waals surface area contributed by atoms with Crippen molar-refractivity contribution in [3.8, 4) is 0 Å². The normalized spacial score (nSPS) is 26.8. The van der Waals surface area contributed by atoms with Gasteiger partial charge in [-0.2, -0.15) is 0 Å². The molecule has 3 heteroatoms. The number of halogens is 1. The summed E-state index contributed by atoms with van der Waals surface area (Å²) >= 11 is 6.24. The zero-order valence-corrected chi connectivity index (χ0v) is 11.4. The molecule has 1 N–H and O–H groups in total. The first-order valence-electron chi connectivity index (χ1n) is 6.50. The Morgan fingerprint density at radius 3 is 2.65 bits per heavy atom. The fourth-order valence-corrected chi connectivity index (χ4v) is 3.08. The van der Waals surface area contributed by atoms with Gasteiger partial charge in [-0.05, 0) is 43.9 Å². The van der Waals surface area contributed by atoms with Gasteiger partial charge in [0.05, 0.1) is 16.8 Å². The monoisotopic (exact) mass is 252 g/mol. The summed E-state index contributed by atoms with van der Waals surface area (Å²) in [6.07, 6.45) is 7.04. The van der Waals surface area contributed by atoms with Gasteiger partial charge >= 0.3 is 0 Å². The maximum absolute atomic E-state index is 6.24. The minimum Gasteiger partial charge on any atom is -0.311 e. The van der Waals surface area contributed by atoms with Crippen LogP contribution in [0.5, 0.6) is 0 Å². The average molecular weight is 253 g/mol. The van der Waals surface area contributed by atoms with E-state index in [1.54, 1.807) is 0 Å². The second-order valence-electron chi connectivity index (χ2n) is 5.16. The van der Waals surface area contributed by atoms with Crippen molar-refractivity contribution < 1.29 is 0 Å². The van der Waals surface area contributed by atoms with E-state index in [-0.39, 0.29) is 0 Å². The van der Waals surface area contributed by atoms with E-state index < -0.39 is 0 Å². The molecule has 1 unspecified atom stereocenters. The molecule has 1 fully saturated rings. The quantitative estimate of drug-likeness (QED) is 0.885. The number of nitrogens with zero attached hydrogens (tertiary/aromatic N) is 1. The third kappa shape index (κ3) is 2.99. The minimum absolute atomic E-state index is 0.302. The SMILES string of the molecule is CNC(c1ncccc1Cl)C1CCC(C)CC1. The lowest BCUT2D eigenvalue weighted by atomic mass is 9.78. The highest BCUT2D eigenvalue weighted by atomic mass is 35.5. The van der Waals surface area contributed by atoms with E-state index >= 15 is 0 Å². The summed E-state index contributed by atoms with van der Waals surface area (Å²) in [5, 5.41) is 4.18. The number of pyridine rings is 1. The molecule has 2 nitrogen and oxygen atoms in total. The smallest absolute Gasteiger partial charge is 0.0761 e. The molecule has 0 radical (unpaired) electrons. The van der Waals surface area contributed by atoms with E-state index in [1.165, 1.54) is 25.7 Å². The van der Waals surface area contributed by atoms with Crippen LogP contribution in [0.4, 0.5) is 0 Å². The van der Waals surface area contributed by atoms with Crippen LogP contribution in [0.25, 0.3) is 0 Å². The first-order chi connectivity index (χ1) is 8.22. The van der Waals surface area contributed by atoms with Crippen LogP contribution in [0.15, 0.2) is 18.3 Å². The van der Waals surface area contributed by atoms with Crippen LogP contribution in [0.1, 0.15) is 44.3 Å². The first kappa shape index (κ1) is 12.8. The Bertz CT molecular complexity index is 359. The van der Waals surface area contributed by atoms with Crippen LogP contribution in [-0.2, 0) is 0 Å². The molecular weight excluding hydrogens is 232 g/mol. The van der Waals surface area contributed by atoms with E-state index in [0.29, 0.717) is 12.0 Å². The molecule has 94 valence electrons. The topological polar surface area (TPSA) is 24.9 Å². The van der Waals surface area contributed by atoms with Gasteiger partial charge in [0.1, 0.15) is 0 Å². The second-order valence-corrected chi connectivity index (χ2v) is 5.56. The average Bonchev–Trinajstić information content (AvgIpc) is 2.35. The highest BCUT2D eigenvalue weighted by Crippen LogP contribution is 2.37. The number of hydrogen-bond acceptors (Lipinski definition) is 2. The maximum Gasteiger partial charge on any atom is 0.0761 e. The predicted molar refractivity (Wildman–Crippen MR) is 72.2 cm³/mol. The molecular formula is C14H21ClN2. The largest absolute Gasteiger partial charge is 0.311 e. The summed E-state index contributed by atoms with van der Waals surface area (Å²) in [7, 11) is 2.01. The summed E-state index contributed by atoms with van der Waals surface area (Å²) in [4.78, 5) is 4.45. The minimum atomic E-state index is 0.302. The highest BCUT2D eigenvalue weighted by Gasteiger charge is 2.28. The molecule has 2 rings (SSSR count). The van der Waals surface area contributed by atoms with Crippen molar-refractivity contribution in [2.75, 3.05) is 7.05 Å². The van der Waals surface area contributed by atoms with Crippen molar-refractivity contribution in [2.24, 2.45) is 11.8 Å². The Kier molecular flexibility index (Phi) is 4.41. The van der Waals surface area contributed by atoms with E-state index in [0.717, 1.165) is 16.6 Å². The van der Waals surface area contributed by atoms with Crippen LogP contribution in [0, 0.1) is 11.8 Å². The molecule has 0 aromatic carbocycles. The van der Waals surface area contributed by atoms with Gasteiger partial charge in [-0.25, -0.2) is 0 Å². The van der Waals surface area contributed by atoms with E-state index in [2.05, 4.69) is 17.2 Å². The molecule has 1 aliphatic carbocycles. The summed E-state index contributed by atoms with van der Waals surface area (Å²) in [6, 6.07) is 4.12. The molecule has 1 aromatic rings. The fourth-order valence-electron chi connectivity index (χ4n) is 2.84. The standard InChI is InChI=1S/C14H21ClN2/c1-10-5-7-11(8-6-10)13(16-2)14-12(15)4-3-9-17-14/h3-4,9-11,13,16H,5-8H2,1-2H3. The molecule has 1 heterocycles. The molecule has 17 heavy (non-hydrogen) atoms. The predicted octanol–water partition coefficient (Wildman–Crippen LogP) is 3.82. The summed E-state index contributed by atoms with van der Waals surface area (Å²) in [5.74, 6) is 1.55. The number of nitrogens with one attached hydrogen (secondary N) is 1. The molecule has 1 aliphatic rings. The Morgan fingerprint density at radius 2 is 2.06 bits per heavy atom. The van der Waals surface area contributed by atoms with Crippen molar-refractivity contribution in [3.63, 3.8) is 0 Å². The Hall–Kier alpha value is -0.600. The van der Waals surface area contributed by atoms with Gasteiger partial charge in [-0.3, -0.25) is 4.98 Å².